The van der Waals surface area contributed by atoms with Crippen LogP contribution in [-0.4, -0.2) is 12.1 Å². The number of hydrogen-bond acceptors (Lipinski definition) is 3. The minimum atomic E-state index is -0.519. The summed E-state index contributed by atoms with van der Waals surface area (Å²) in [5.41, 5.74) is 7.95. The number of pyridine rings is 1. The Morgan fingerprint density at radius 1 is 1.00 bits per heavy atom. The maximum Gasteiger partial charge on any atom is 0.118 e. The van der Waals surface area contributed by atoms with Crippen molar-refractivity contribution in [3.63, 3.8) is 0 Å². The lowest BCUT2D eigenvalue weighted by Gasteiger charge is -2.25. The predicted molar refractivity (Wildman–Crippen MR) is 67.9 cm³/mol. The van der Waals surface area contributed by atoms with Gasteiger partial charge in [-0.05, 0) is 42.3 Å². The quantitative estimate of drug-likeness (QED) is 0.877. The molecule has 0 spiro atoms. The third-order valence-electron chi connectivity index (χ3n) is 2.97. The first kappa shape index (κ1) is 11.6. The molecule has 1 aromatic carbocycles. The molecule has 1 unspecified atom stereocenters. The normalized spacial score (nSPS) is 14.1. The Bertz CT molecular complexity index is 477. The van der Waals surface area contributed by atoms with Gasteiger partial charge in [0.1, 0.15) is 5.75 Å². The molecule has 2 aromatic rings. The third-order valence-corrected chi connectivity index (χ3v) is 2.97. The van der Waals surface area contributed by atoms with Gasteiger partial charge in [0.25, 0.3) is 0 Å². The molecular formula is C14H16N2O. The maximum absolute atomic E-state index is 6.38. The first-order chi connectivity index (χ1) is 8.14. The van der Waals surface area contributed by atoms with E-state index in [-0.39, 0.29) is 0 Å². The highest BCUT2D eigenvalue weighted by molar-refractivity contribution is 5.38. The van der Waals surface area contributed by atoms with E-state index in [1.54, 1.807) is 19.5 Å². The van der Waals surface area contributed by atoms with Crippen molar-refractivity contribution in [1.29, 1.82) is 0 Å². The lowest BCUT2D eigenvalue weighted by molar-refractivity contribution is 0.414. The molecule has 0 saturated carbocycles. The number of rotatable bonds is 3. The second kappa shape index (κ2) is 4.55. The minimum absolute atomic E-state index is 0.519. The molecule has 0 fully saturated rings. The molecule has 0 aliphatic rings. The van der Waals surface area contributed by atoms with Gasteiger partial charge >= 0.3 is 0 Å². The van der Waals surface area contributed by atoms with Gasteiger partial charge in [-0.25, -0.2) is 0 Å². The van der Waals surface area contributed by atoms with Crippen molar-refractivity contribution in [2.24, 2.45) is 5.73 Å². The fraction of sp³-hybridized carbons (Fsp3) is 0.214. The SMILES string of the molecule is COc1ccc(C(C)(N)c2ccncc2)cc1. The van der Waals surface area contributed by atoms with Crippen LogP contribution in [-0.2, 0) is 5.54 Å². The van der Waals surface area contributed by atoms with Crippen LogP contribution < -0.4 is 10.5 Å². The fourth-order valence-corrected chi connectivity index (χ4v) is 1.80. The molecule has 0 aliphatic heterocycles. The van der Waals surface area contributed by atoms with E-state index in [9.17, 15) is 0 Å². The van der Waals surface area contributed by atoms with Crippen molar-refractivity contribution in [3.05, 3.63) is 59.9 Å². The molecule has 1 aromatic heterocycles. The van der Waals surface area contributed by atoms with Gasteiger partial charge in [-0.15, -0.1) is 0 Å². The van der Waals surface area contributed by atoms with Crippen molar-refractivity contribution in [3.8, 4) is 5.75 Å². The summed E-state index contributed by atoms with van der Waals surface area (Å²) in [4.78, 5) is 4.00. The van der Waals surface area contributed by atoms with Gasteiger partial charge in [0.15, 0.2) is 0 Å². The zero-order valence-corrected chi connectivity index (χ0v) is 10.1. The third kappa shape index (κ3) is 2.29. The number of nitrogens with two attached hydrogens (primary N) is 1. The number of ether oxygens (including phenoxy) is 1. The van der Waals surface area contributed by atoms with Crippen molar-refractivity contribution >= 4 is 0 Å². The Balaban J connectivity index is 2.37. The van der Waals surface area contributed by atoms with Crippen LogP contribution in [0.4, 0.5) is 0 Å². The van der Waals surface area contributed by atoms with E-state index in [1.807, 2.05) is 43.3 Å². The zero-order chi connectivity index (χ0) is 12.3. The standard InChI is InChI=1S/C14H16N2O/c1-14(15,12-7-9-16-10-8-12)11-3-5-13(17-2)6-4-11/h3-10H,15H2,1-2H3. The van der Waals surface area contributed by atoms with E-state index < -0.39 is 5.54 Å². The molecule has 17 heavy (non-hydrogen) atoms. The van der Waals surface area contributed by atoms with Gasteiger partial charge in [-0.3, -0.25) is 4.98 Å². The van der Waals surface area contributed by atoms with Crippen molar-refractivity contribution in [1.82, 2.24) is 4.98 Å². The first-order valence-corrected chi connectivity index (χ1v) is 5.48. The van der Waals surface area contributed by atoms with Crippen molar-refractivity contribution in [2.45, 2.75) is 12.5 Å². The monoisotopic (exact) mass is 228 g/mol. The topological polar surface area (TPSA) is 48.1 Å². The van der Waals surface area contributed by atoms with Gasteiger partial charge in [0, 0.05) is 12.4 Å². The molecule has 2 rings (SSSR count). The van der Waals surface area contributed by atoms with Crippen LogP contribution in [0.5, 0.6) is 5.75 Å². The van der Waals surface area contributed by atoms with Crippen LogP contribution in [0.2, 0.25) is 0 Å². The molecule has 3 heteroatoms. The first-order valence-electron chi connectivity index (χ1n) is 5.48. The number of hydrogen-bond donors (Lipinski definition) is 1. The highest BCUT2D eigenvalue weighted by Gasteiger charge is 2.23. The Hall–Kier alpha value is -1.87. The molecule has 1 atom stereocenters. The Morgan fingerprint density at radius 2 is 1.53 bits per heavy atom. The van der Waals surface area contributed by atoms with Crippen LogP contribution in [0.1, 0.15) is 18.1 Å². The summed E-state index contributed by atoms with van der Waals surface area (Å²) in [6.45, 7) is 1.99. The summed E-state index contributed by atoms with van der Waals surface area (Å²) in [6.07, 6.45) is 3.51. The summed E-state index contributed by atoms with van der Waals surface area (Å²) >= 11 is 0. The molecule has 0 radical (unpaired) electrons. The average molecular weight is 228 g/mol. The van der Waals surface area contributed by atoms with Crippen LogP contribution >= 0.6 is 0 Å². The molecule has 0 aliphatic carbocycles. The Labute approximate surface area is 101 Å². The molecule has 88 valence electrons. The van der Waals surface area contributed by atoms with Crippen LogP contribution in [0, 0.1) is 0 Å². The molecule has 3 nitrogen and oxygen atoms in total. The number of benzene rings is 1. The smallest absolute Gasteiger partial charge is 0.118 e. The molecular weight excluding hydrogens is 212 g/mol. The average Bonchev–Trinajstić information content (AvgIpc) is 2.40. The summed E-state index contributed by atoms with van der Waals surface area (Å²) in [5.74, 6) is 0.833. The molecule has 0 amide bonds. The van der Waals surface area contributed by atoms with E-state index in [2.05, 4.69) is 4.98 Å². The van der Waals surface area contributed by atoms with Gasteiger partial charge in [-0.1, -0.05) is 12.1 Å². The van der Waals surface area contributed by atoms with Crippen LogP contribution in [0.15, 0.2) is 48.8 Å². The predicted octanol–water partition coefficient (Wildman–Crippen LogP) is 2.31. The second-order valence-electron chi connectivity index (χ2n) is 4.17. The fourth-order valence-electron chi connectivity index (χ4n) is 1.80. The number of methoxy groups -OCH3 is 1. The highest BCUT2D eigenvalue weighted by Crippen LogP contribution is 2.27. The molecule has 2 N–H and O–H groups in total. The van der Waals surface area contributed by atoms with Crippen molar-refractivity contribution < 1.29 is 4.74 Å². The number of aromatic nitrogens is 1. The lowest BCUT2D eigenvalue weighted by atomic mass is 9.86. The largest absolute Gasteiger partial charge is 0.497 e. The minimum Gasteiger partial charge on any atom is -0.497 e. The Kier molecular flexibility index (Phi) is 3.11. The summed E-state index contributed by atoms with van der Waals surface area (Å²) in [5, 5.41) is 0. The molecule has 0 saturated heterocycles. The van der Waals surface area contributed by atoms with E-state index in [1.165, 1.54) is 0 Å². The van der Waals surface area contributed by atoms with Crippen LogP contribution in [0.25, 0.3) is 0 Å². The second-order valence-corrected chi connectivity index (χ2v) is 4.17. The van der Waals surface area contributed by atoms with E-state index >= 15 is 0 Å². The van der Waals surface area contributed by atoms with Gasteiger partial charge in [0.05, 0.1) is 12.6 Å². The van der Waals surface area contributed by atoms with E-state index in [4.69, 9.17) is 10.5 Å². The van der Waals surface area contributed by atoms with Gasteiger partial charge < -0.3 is 10.5 Å². The Morgan fingerprint density at radius 3 is 2.06 bits per heavy atom. The summed E-state index contributed by atoms with van der Waals surface area (Å²) in [7, 11) is 1.65. The van der Waals surface area contributed by atoms with Crippen LogP contribution in [0.3, 0.4) is 0 Å². The zero-order valence-electron chi connectivity index (χ0n) is 10.1. The molecule has 0 bridgehead atoms. The van der Waals surface area contributed by atoms with Gasteiger partial charge in [0.2, 0.25) is 0 Å². The summed E-state index contributed by atoms with van der Waals surface area (Å²) < 4.78 is 5.14. The van der Waals surface area contributed by atoms with E-state index in [0.29, 0.717) is 0 Å². The molecule has 1 heterocycles. The highest BCUT2D eigenvalue weighted by atomic mass is 16.5. The van der Waals surface area contributed by atoms with E-state index in [0.717, 1.165) is 16.9 Å². The lowest BCUT2D eigenvalue weighted by Crippen LogP contribution is -2.34. The maximum atomic E-state index is 6.38. The van der Waals surface area contributed by atoms with Gasteiger partial charge in [-0.2, -0.15) is 0 Å². The number of nitrogens with zero attached hydrogens (tertiary/aromatic N) is 1. The summed E-state index contributed by atoms with van der Waals surface area (Å²) in [6, 6.07) is 11.7. The van der Waals surface area contributed by atoms with Crippen molar-refractivity contribution in [2.75, 3.05) is 7.11 Å².